The van der Waals surface area contributed by atoms with Crippen LogP contribution in [0.4, 0.5) is 0 Å². The third kappa shape index (κ3) is 6.25. The van der Waals surface area contributed by atoms with Gasteiger partial charge in [0.1, 0.15) is 18.1 Å². The minimum atomic E-state index is -0.0554. The van der Waals surface area contributed by atoms with Crippen LogP contribution in [0.2, 0.25) is 0 Å². The van der Waals surface area contributed by atoms with Gasteiger partial charge in [0, 0.05) is 22.7 Å². The fourth-order valence-corrected chi connectivity index (χ4v) is 5.56. The van der Waals surface area contributed by atoms with Crippen LogP contribution in [0.5, 0.6) is 11.5 Å². The van der Waals surface area contributed by atoms with Gasteiger partial charge in [-0.2, -0.15) is 0 Å². The lowest BCUT2D eigenvalue weighted by Crippen LogP contribution is -2.28. The van der Waals surface area contributed by atoms with Crippen LogP contribution in [0.1, 0.15) is 24.3 Å². The number of likely N-dealkylation sites (N-methyl/N-ethyl adjacent to an activating group) is 1. The van der Waals surface area contributed by atoms with Crippen molar-refractivity contribution in [2.75, 3.05) is 33.4 Å². The van der Waals surface area contributed by atoms with Crippen molar-refractivity contribution in [2.45, 2.75) is 31.3 Å². The second kappa shape index (κ2) is 12.2. The van der Waals surface area contributed by atoms with E-state index in [2.05, 4.69) is 18.7 Å². The van der Waals surface area contributed by atoms with Crippen molar-refractivity contribution in [1.82, 2.24) is 14.5 Å². The zero-order valence-electron chi connectivity index (χ0n) is 20.4. The number of benzene rings is 2. The van der Waals surface area contributed by atoms with E-state index in [4.69, 9.17) is 14.5 Å². The van der Waals surface area contributed by atoms with E-state index in [9.17, 15) is 4.79 Å². The summed E-state index contributed by atoms with van der Waals surface area (Å²) >= 11 is 3.18. The Hall–Kier alpha value is -2.81. The Morgan fingerprint density at radius 3 is 2.66 bits per heavy atom. The number of nitrogens with zero attached hydrogens (tertiary/aromatic N) is 3. The Kier molecular flexibility index (Phi) is 8.84. The van der Waals surface area contributed by atoms with Gasteiger partial charge in [-0.15, -0.1) is 11.3 Å². The first kappa shape index (κ1) is 25.3. The monoisotopic (exact) mass is 509 g/mol. The van der Waals surface area contributed by atoms with Crippen molar-refractivity contribution in [3.63, 3.8) is 0 Å². The first-order valence-corrected chi connectivity index (χ1v) is 13.7. The Bertz CT molecular complexity index is 1300. The first-order chi connectivity index (χ1) is 17.1. The molecular weight excluding hydrogens is 478 g/mol. The molecule has 0 unspecified atom stereocenters. The van der Waals surface area contributed by atoms with Gasteiger partial charge in [0.2, 0.25) is 0 Å². The Balaban J connectivity index is 1.64. The van der Waals surface area contributed by atoms with Crippen molar-refractivity contribution in [2.24, 2.45) is 0 Å². The number of fused-ring (bicyclic) bond motifs is 1. The predicted octanol–water partition coefficient (Wildman–Crippen LogP) is 5.53. The summed E-state index contributed by atoms with van der Waals surface area (Å²) in [5, 5.41) is 3.29. The van der Waals surface area contributed by atoms with Crippen LogP contribution < -0.4 is 15.0 Å². The summed E-state index contributed by atoms with van der Waals surface area (Å²) < 4.78 is 13.2. The molecule has 0 amide bonds. The summed E-state index contributed by atoms with van der Waals surface area (Å²) in [5.41, 5.74) is 1.69. The number of thiophene rings is 1. The zero-order valence-corrected chi connectivity index (χ0v) is 22.0. The van der Waals surface area contributed by atoms with E-state index in [0.29, 0.717) is 40.7 Å². The zero-order chi connectivity index (χ0) is 24.6. The molecule has 2 aromatic heterocycles. The van der Waals surface area contributed by atoms with Crippen molar-refractivity contribution >= 4 is 34.0 Å². The normalized spacial score (nSPS) is 11.3. The van der Waals surface area contributed by atoms with Crippen LogP contribution in [-0.4, -0.2) is 47.8 Å². The van der Waals surface area contributed by atoms with Crippen LogP contribution in [0.25, 0.3) is 10.9 Å². The highest BCUT2D eigenvalue weighted by molar-refractivity contribution is 7.98. The second-order valence-electron chi connectivity index (χ2n) is 8.02. The number of ether oxygens (including phenoxy) is 2. The topological polar surface area (TPSA) is 56.6 Å². The van der Waals surface area contributed by atoms with Crippen LogP contribution in [0, 0.1) is 0 Å². The van der Waals surface area contributed by atoms with Gasteiger partial charge in [-0.25, -0.2) is 4.98 Å². The smallest absolute Gasteiger partial charge is 0.262 e. The standard InChI is InChI=1S/C27H31N3O3S2/c1-4-29(5-2)14-15-33-21-12-13-24-23(17-21)26(31)30(18-22-10-8-16-34-22)27(28-24)35-19-20-9-6-7-11-25(20)32-3/h6-13,16-17H,4-5,14-15,18-19H2,1-3H3. The molecule has 35 heavy (non-hydrogen) atoms. The predicted molar refractivity (Wildman–Crippen MR) is 145 cm³/mol. The van der Waals surface area contributed by atoms with Gasteiger partial charge in [0.25, 0.3) is 5.56 Å². The van der Waals surface area contributed by atoms with E-state index in [-0.39, 0.29) is 5.56 Å². The second-order valence-corrected chi connectivity index (χ2v) is 9.99. The van der Waals surface area contributed by atoms with Gasteiger partial charge in [-0.1, -0.05) is 49.9 Å². The highest BCUT2D eigenvalue weighted by Crippen LogP contribution is 2.28. The molecular formula is C27H31N3O3S2. The van der Waals surface area contributed by atoms with Crippen molar-refractivity contribution in [3.05, 3.63) is 80.8 Å². The van der Waals surface area contributed by atoms with E-state index < -0.39 is 0 Å². The number of methoxy groups -OCH3 is 1. The maximum Gasteiger partial charge on any atom is 0.262 e. The molecule has 2 aromatic carbocycles. The molecule has 0 aliphatic rings. The first-order valence-electron chi connectivity index (χ1n) is 11.8. The molecule has 0 atom stereocenters. The van der Waals surface area contributed by atoms with Gasteiger partial charge in [0.05, 0.1) is 24.6 Å². The molecule has 0 fully saturated rings. The fraction of sp³-hybridized carbons (Fsp3) is 0.333. The van der Waals surface area contributed by atoms with Gasteiger partial charge >= 0.3 is 0 Å². The average Bonchev–Trinajstić information content (AvgIpc) is 3.41. The highest BCUT2D eigenvalue weighted by Gasteiger charge is 2.15. The Morgan fingerprint density at radius 2 is 1.91 bits per heavy atom. The molecule has 0 radical (unpaired) electrons. The van der Waals surface area contributed by atoms with Gasteiger partial charge in [0.15, 0.2) is 5.16 Å². The van der Waals surface area contributed by atoms with E-state index in [1.807, 2.05) is 60.0 Å². The summed E-state index contributed by atoms with van der Waals surface area (Å²) in [5.74, 6) is 2.18. The molecule has 184 valence electrons. The van der Waals surface area contributed by atoms with Crippen molar-refractivity contribution < 1.29 is 9.47 Å². The van der Waals surface area contributed by atoms with E-state index >= 15 is 0 Å². The summed E-state index contributed by atoms with van der Waals surface area (Å²) in [4.78, 5) is 22.0. The van der Waals surface area contributed by atoms with E-state index in [0.717, 1.165) is 35.8 Å². The van der Waals surface area contributed by atoms with E-state index in [1.165, 1.54) is 0 Å². The maximum absolute atomic E-state index is 13.7. The molecule has 0 bridgehead atoms. The molecule has 4 rings (SSSR count). The quantitative estimate of drug-likeness (QED) is 0.185. The number of aromatic nitrogens is 2. The van der Waals surface area contributed by atoms with Crippen LogP contribution in [0.15, 0.2) is 69.9 Å². The molecule has 0 N–H and O–H groups in total. The Labute approximate surface area is 214 Å². The average molecular weight is 510 g/mol. The summed E-state index contributed by atoms with van der Waals surface area (Å²) in [6, 6.07) is 17.6. The maximum atomic E-state index is 13.7. The molecule has 0 saturated carbocycles. The molecule has 0 saturated heterocycles. The minimum Gasteiger partial charge on any atom is -0.496 e. The summed E-state index contributed by atoms with van der Waals surface area (Å²) in [6.45, 7) is 8.19. The molecule has 2 heterocycles. The van der Waals surface area contributed by atoms with Gasteiger partial charge < -0.3 is 14.4 Å². The fourth-order valence-electron chi connectivity index (χ4n) is 3.87. The van der Waals surface area contributed by atoms with Crippen molar-refractivity contribution in [1.29, 1.82) is 0 Å². The van der Waals surface area contributed by atoms with Crippen LogP contribution in [-0.2, 0) is 12.3 Å². The number of para-hydroxylation sites is 1. The SMILES string of the molecule is CCN(CC)CCOc1ccc2nc(SCc3ccccc3OC)n(Cc3cccs3)c(=O)c2c1. The van der Waals surface area contributed by atoms with E-state index in [1.54, 1.807) is 34.8 Å². The number of thioether (sulfide) groups is 1. The van der Waals surface area contributed by atoms with Gasteiger partial charge in [-0.3, -0.25) is 9.36 Å². The highest BCUT2D eigenvalue weighted by atomic mass is 32.2. The van der Waals surface area contributed by atoms with Crippen molar-refractivity contribution in [3.8, 4) is 11.5 Å². The number of rotatable bonds is 12. The largest absolute Gasteiger partial charge is 0.496 e. The molecule has 0 aliphatic carbocycles. The lowest BCUT2D eigenvalue weighted by Gasteiger charge is -2.18. The lowest BCUT2D eigenvalue weighted by atomic mass is 10.2. The Morgan fingerprint density at radius 1 is 1.09 bits per heavy atom. The third-order valence-electron chi connectivity index (χ3n) is 5.90. The molecule has 0 aliphatic heterocycles. The summed E-state index contributed by atoms with van der Waals surface area (Å²) in [6.07, 6.45) is 0. The number of hydrogen-bond donors (Lipinski definition) is 0. The summed E-state index contributed by atoms with van der Waals surface area (Å²) in [7, 11) is 1.67. The minimum absolute atomic E-state index is 0.0554. The third-order valence-corrected chi connectivity index (χ3v) is 7.79. The van der Waals surface area contributed by atoms with Crippen LogP contribution >= 0.6 is 23.1 Å². The van der Waals surface area contributed by atoms with Crippen LogP contribution in [0.3, 0.4) is 0 Å². The lowest BCUT2D eigenvalue weighted by molar-refractivity contribution is 0.223. The molecule has 6 nitrogen and oxygen atoms in total. The molecule has 0 spiro atoms. The number of hydrogen-bond acceptors (Lipinski definition) is 7. The van der Waals surface area contributed by atoms with Gasteiger partial charge in [-0.05, 0) is 48.8 Å². The molecule has 8 heteroatoms. The molecule has 4 aromatic rings.